The van der Waals surface area contributed by atoms with Crippen molar-refractivity contribution in [1.29, 1.82) is 0 Å². The van der Waals surface area contributed by atoms with Crippen molar-refractivity contribution < 1.29 is 32.2 Å². The molecule has 25 heavy (non-hydrogen) atoms. The molecule has 2 aromatic rings. The maximum atomic E-state index is 14.2. The minimum absolute atomic E-state index is 0.245. The van der Waals surface area contributed by atoms with Gasteiger partial charge in [0.1, 0.15) is 22.4 Å². The predicted molar refractivity (Wildman–Crippen MR) is 84.0 cm³/mol. The highest BCUT2D eigenvalue weighted by molar-refractivity contribution is 6.40. The van der Waals surface area contributed by atoms with Crippen molar-refractivity contribution in [2.45, 2.75) is 6.18 Å². The Morgan fingerprint density at radius 3 is 2.36 bits per heavy atom. The van der Waals surface area contributed by atoms with Crippen LogP contribution in [0.1, 0.15) is 5.69 Å². The smallest absolute Gasteiger partial charge is 0.432 e. The summed E-state index contributed by atoms with van der Waals surface area (Å²) in [6.45, 7) is -0.783. The normalized spacial score (nSPS) is 11.7. The predicted octanol–water partition coefficient (Wildman–Crippen LogP) is 5.27. The summed E-state index contributed by atoms with van der Waals surface area (Å²) in [5, 5.41) is 7.09. The lowest BCUT2D eigenvalue weighted by atomic mass is 10.1. The SMILES string of the molecule is Cn1c(Cl)c(-c2cc(OCC(=O)O)c(Cl)cc2F)c(Cl)c1C(F)(F)F. The van der Waals surface area contributed by atoms with Gasteiger partial charge in [-0.3, -0.25) is 0 Å². The number of aliphatic carboxylic acids is 1. The van der Waals surface area contributed by atoms with E-state index in [4.69, 9.17) is 44.6 Å². The van der Waals surface area contributed by atoms with Gasteiger partial charge in [-0.15, -0.1) is 0 Å². The lowest BCUT2D eigenvalue weighted by Crippen LogP contribution is -2.11. The molecule has 0 aliphatic rings. The summed E-state index contributed by atoms with van der Waals surface area (Å²) in [6, 6.07) is 1.70. The van der Waals surface area contributed by atoms with Crippen molar-refractivity contribution in [3.05, 3.63) is 38.8 Å². The molecule has 1 aromatic carbocycles. The maximum absolute atomic E-state index is 14.2. The fourth-order valence-corrected chi connectivity index (χ4v) is 3.10. The van der Waals surface area contributed by atoms with E-state index in [2.05, 4.69) is 0 Å². The number of hydrogen-bond donors (Lipinski definition) is 1. The first-order valence-corrected chi connectivity index (χ1v) is 7.53. The molecule has 0 unspecified atom stereocenters. The summed E-state index contributed by atoms with van der Waals surface area (Å²) < 4.78 is 59.0. The van der Waals surface area contributed by atoms with E-state index in [-0.39, 0.29) is 10.8 Å². The Bertz CT molecular complexity index is 849. The van der Waals surface area contributed by atoms with Gasteiger partial charge in [-0.25, -0.2) is 9.18 Å². The van der Waals surface area contributed by atoms with Crippen molar-refractivity contribution in [2.75, 3.05) is 6.61 Å². The maximum Gasteiger partial charge on any atom is 0.432 e. The van der Waals surface area contributed by atoms with Crippen LogP contribution in [0, 0.1) is 5.82 Å². The number of nitrogens with zero attached hydrogens (tertiary/aromatic N) is 1. The minimum Gasteiger partial charge on any atom is -0.480 e. The first-order valence-electron chi connectivity index (χ1n) is 6.40. The molecule has 0 spiro atoms. The Balaban J connectivity index is 2.67. The van der Waals surface area contributed by atoms with E-state index in [1.54, 1.807) is 0 Å². The van der Waals surface area contributed by atoms with Crippen LogP contribution in [0.5, 0.6) is 5.75 Å². The summed E-state index contributed by atoms with van der Waals surface area (Å²) in [5.74, 6) is -2.57. The quantitative estimate of drug-likeness (QED) is 0.685. The molecule has 136 valence electrons. The van der Waals surface area contributed by atoms with E-state index in [9.17, 15) is 22.4 Å². The molecule has 0 aliphatic heterocycles. The van der Waals surface area contributed by atoms with Crippen LogP contribution in [-0.2, 0) is 18.0 Å². The first-order chi connectivity index (χ1) is 11.4. The molecule has 1 heterocycles. The van der Waals surface area contributed by atoms with Gasteiger partial charge in [0.05, 0.1) is 10.0 Å². The minimum atomic E-state index is -4.82. The van der Waals surface area contributed by atoms with Crippen molar-refractivity contribution in [1.82, 2.24) is 4.57 Å². The number of ether oxygens (including phenoxy) is 1. The molecule has 4 nitrogen and oxygen atoms in total. The molecule has 2 rings (SSSR count). The lowest BCUT2D eigenvalue weighted by Gasteiger charge is -2.10. The van der Waals surface area contributed by atoms with Crippen molar-refractivity contribution in [2.24, 2.45) is 7.05 Å². The highest BCUT2D eigenvalue weighted by Crippen LogP contribution is 2.47. The number of alkyl halides is 3. The van der Waals surface area contributed by atoms with Crippen molar-refractivity contribution in [3.63, 3.8) is 0 Å². The number of rotatable bonds is 4. The van der Waals surface area contributed by atoms with Crippen molar-refractivity contribution >= 4 is 40.8 Å². The Morgan fingerprint density at radius 2 is 1.88 bits per heavy atom. The second-order valence-electron chi connectivity index (χ2n) is 4.83. The second-order valence-corrected chi connectivity index (χ2v) is 5.97. The van der Waals surface area contributed by atoms with Gasteiger partial charge in [0, 0.05) is 18.2 Å². The van der Waals surface area contributed by atoms with Gasteiger partial charge in [-0.2, -0.15) is 13.2 Å². The number of aromatic nitrogens is 1. The number of carboxylic acids is 1. The molecule has 11 heteroatoms. The van der Waals surface area contributed by atoms with Gasteiger partial charge in [-0.1, -0.05) is 34.8 Å². The van der Waals surface area contributed by atoms with Gasteiger partial charge in [-0.05, 0) is 12.1 Å². The third kappa shape index (κ3) is 3.80. The van der Waals surface area contributed by atoms with E-state index < -0.39 is 51.6 Å². The molecule has 0 saturated carbocycles. The van der Waals surface area contributed by atoms with E-state index in [0.717, 1.165) is 19.2 Å². The Hall–Kier alpha value is -1.64. The fraction of sp³-hybridized carbons (Fsp3) is 0.214. The summed E-state index contributed by atoms with van der Waals surface area (Å²) in [6.07, 6.45) is -4.82. The molecular weight excluding hydrogens is 413 g/mol. The third-order valence-electron chi connectivity index (χ3n) is 3.17. The lowest BCUT2D eigenvalue weighted by molar-refractivity contribution is -0.143. The standard InChI is InChI=1S/C14H8Cl3F4NO3/c1-22-12(14(19,20)21)11(16)10(13(22)17)5-2-8(25-4-9(23)24)6(15)3-7(5)18/h2-3H,4H2,1H3,(H,23,24). The molecule has 0 fully saturated rings. The van der Waals surface area contributed by atoms with E-state index >= 15 is 0 Å². The Labute approximate surface area is 153 Å². The van der Waals surface area contributed by atoms with Crippen LogP contribution in [-0.4, -0.2) is 22.2 Å². The zero-order valence-corrected chi connectivity index (χ0v) is 14.5. The van der Waals surface area contributed by atoms with Crippen LogP contribution in [0.25, 0.3) is 11.1 Å². The monoisotopic (exact) mass is 419 g/mol. The Morgan fingerprint density at radius 1 is 1.28 bits per heavy atom. The molecule has 0 amide bonds. The average molecular weight is 421 g/mol. The van der Waals surface area contributed by atoms with Crippen LogP contribution in [0.4, 0.5) is 17.6 Å². The first kappa shape index (κ1) is 19.7. The molecule has 0 bridgehead atoms. The largest absolute Gasteiger partial charge is 0.480 e. The molecule has 1 N–H and O–H groups in total. The van der Waals surface area contributed by atoms with Gasteiger partial charge in [0.25, 0.3) is 0 Å². The molecular formula is C14H8Cl3F4NO3. The number of carboxylic acid groups (broad SMARTS) is 1. The Kier molecular flexibility index (Phi) is 5.46. The van der Waals surface area contributed by atoms with E-state index in [1.807, 2.05) is 0 Å². The topological polar surface area (TPSA) is 51.5 Å². The van der Waals surface area contributed by atoms with Gasteiger partial charge >= 0.3 is 12.1 Å². The molecule has 0 aliphatic carbocycles. The van der Waals surface area contributed by atoms with Crippen molar-refractivity contribution in [3.8, 4) is 16.9 Å². The van der Waals surface area contributed by atoms with Gasteiger partial charge in [0.2, 0.25) is 0 Å². The van der Waals surface area contributed by atoms with Crippen LogP contribution < -0.4 is 4.74 Å². The van der Waals surface area contributed by atoms with Gasteiger partial charge < -0.3 is 14.4 Å². The number of carbonyl (C=O) groups is 1. The van der Waals surface area contributed by atoms with Crippen LogP contribution in [0.15, 0.2) is 12.1 Å². The molecule has 0 atom stereocenters. The molecule has 0 radical (unpaired) electrons. The number of hydrogen-bond acceptors (Lipinski definition) is 2. The van der Waals surface area contributed by atoms with Gasteiger partial charge in [0.15, 0.2) is 6.61 Å². The highest BCUT2D eigenvalue weighted by atomic mass is 35.5. The van der Waals surface area contributed by atoms with Crippen LogP contribution in [0.2, 0.25) is 15.2 Å². The average Bonchev–Trinajstić information content (AvgIpc) is 2.68. The summed E-state index contributed by atoms with van der Waals surface area (Å²) in [7, 11) is 1.02. The second kappa shape index (κ2) is 6.93. The zero-order valence-electron chi connectivity index (χ0n) is 12.2. The molecule has 0 saturated heterocycles. The summed E-state index contributed by atoms with van der Waals surface area (Å²) >= 11 is 17.4. The number of benzene rings is 1. The fourth-order valence-electron chi connectivity index (χ4n) is 2.14. The van der Waals surface area contributed by atoms with Crippen LogP contribution >= 0.6 is 34.8 Å². The highest BCUT2D eigenvalue weighted by Gasteiger charge is 2.40. The molecule has 1 aromatic heterocycles. The van der Waals surface area contributed by atoms with Crippen LogP contribution in [0.3, 0.4) is 0 Å². The van der Waals surface area contributed by atoms with E-state index in [1.165, 1.54) is 0 Å². The zero-order chi connectivity index (χ0) is 19.1. The summed E-state index contributed by atoms with van der Waals surface area (Å²) in [4.78, 5) is 10.6. The summed E-state index contributed by atoms with van der Waals surface area (Å²) in [5.41, 5.74) is -2.07. The third-order valence-corrected chi connectivity index (χ3v) is 4.28. The number of halogens is 7. The van der Waals surface area contributed by atoms with E-state index in [0.29, 0.717) is 4.57 Å².